The third-order valence-electron chi connectivity index (χ3n) is 4.91. The predicted octanol–water partition coefficient (Wildman–Crippen LogP) is 3.70. The van der Waals surface area contributed by atoms with Crippen molar-refractivity contribution in [1.29, 1.82) is 0 Å². The highest BCUT2D eigenvalue weighted by Crippen LogP contribution is 2.32. The van der Waals surface area contributed by atoms with E-state index in [0.29, 0.717) is 28.9 Å². The molecular weight excluding hydrogens is 370 g/mol. The zero-order valence-corrected chi connectivity index (χ0v) is 16.7. The number of methoxy groups -OCH3 is 1. The van der Waals surface area contributed by atoms with Crippen molar-refractivity contribution in [2.45, 2.75) is 26.3 Å². The topological polar surface area (TPSA) is 72.9 Å². The second-order valence-corrected chi connectivity index (χ2v) is 6.69. The van der Waals surface area contributed by atoms with Crippen LogP contribution in [0.3, 0.4) is 0 Å². The van der Waals surface area contributed by atoms with E-state index in [1.807, 2.05) is 24.3 Å². The SMILES string of the molecule is CCOC(=O)/C=C/c1cc(N2Cc3ccccc3C2=O)ccc1C(C)C(=O)OC. The van der Waals surface area contributed by atoms with Crippen LogP contribution in [0, 0.1) is 0 Å². The van der Waals surface area contributed by atoms with Crippen LogP contribution >= 0.6 is 0 Å². The van der Waals surface area contributed by atoms with Crippen LogP contribution in [0.25, 0.3) is 6.08 Å². The lowest BCUT2D eigenvalue weighted by Crippen LogP contribution is -2.23. The summed E-state index contributed by atoms with van der Waals surface area (Å²) in [6, 6.07) is 12.9. The molecule has 29 heavy (non-hydrogen) atoms. The minimum atomic E-state index is -0.526. The number of carbonyl (C=O) groups is 3. The van der Waals surface area contributed by atoms with E-state index in [2.05, 4.69) is 0 Å². The van der Waals surface area contributed by atoms with Crippen LogP contribution in [-0.2, 0) is 25.6 Å². The number of amides is 1. The Kier molecular flexibility index (Phi) is 6.12. The Bertz CT molecular complexity index is 979. The van der Waals surface area contributed by atoms with Crippen LogP contribution < -0.4 is 4.90 Å². The summed E-state index contributed by atoms with van der Waals surface area (Å²) in [4.78, 5) is 38.3. The summed E-state index contributed by atoms with van der Waals surface area (Å²) >= 11 is 0. The Balaban J connectivity index is 1.98. The first kappa shape index (κ1) is 20.3. The van der Waals surface area contributed by atoms with Gasteiger partial charge in [-0.2, -0.15) is 0 Å². The third-order valence-corrected chi connectivity index (χ3v) is 4.91. The Hall–Kier alpha value is -3.41. The van der Waals surface area contributed by atoms with Gasteiger partial charge in [-0.15, -0.1) is 0 Å². The molecular formula is C23H23NO5. The van der Waals surface area contributed by atoms with Crippen LogP contribution in [0.1, 0.15) is 46.8 Å². The summed E-state index contributed by atoms with van der Waals surface area (Å²) in [7, 11) is 1.33. The average molecular weight is 393 g/mol. The standard InChI is InChI=1S/C23H23NO5/c1-4-29-21(25)12-9-16-13-18(10-11-19(16)15(2)23(27)28-3)24-14-17-7-5-6-8-20(17)22(24)26/h5-13,15H,4,14H2,1-3H3/b12-9+. The molecule has 1 heterocycles. The van der Waals surface area contributed by atoms with Gasteiger partial charge in [-0.05, 0) is 54.8 Å². The minimum Gasteiger partial charge on any atom is -0.469 e. The number of esters is 2. The Morgan fingerprint density at radius 1 is 1.21 bits per heavy atom. The Labute approximate surface area is 169 Å². The van der Waals surface area contributed by atoms with Crippen molar-refractivity contribution in [1.82, 2.24) is 0 Å². The fourth-order valence-corrected chi connectivity index (χ4v) is 3.38. The number of nitrogens with zero attached hydrogens (tertiary/aromatic N) is 1. The number of hydrogen-bond acceptors (Lipinski definition) is 5. The van der Waals surface area contributed by atoms with Gasteiger partial charge in [0.25, 0.3) is 5.91 Å². The smallest absolute Gasteiger partial charge is 0.330 e. The van der Waals surface area contributed by atoms with Crippen molar-refractivity contribution in [3.63, 3.8) is 0 Å². The van der Waals surface area contributed by atoms with Crippen molar-refractivity contribution in [2.75, 3.05) is 18.6 Å². The summed E-state index contributed by atoms with van der Waals surface area (Å²) in [6.07, 6.45) is 2.92. The lowest BCUT2D eigenvalue weighted by atomic mass is 9.94. The highest BCUT2D eigenvalue weighted by atomic mass is 16.5. The molecule has 2 aromatic rings. The maximum atomic E-state index is 12.8. The Morgan fingerprint density at radius 2 is 1.97 bits per heavy atom. The predicted molar refractivity (Wildman–Crippen MR) is 109 cm³/mol. The number of hydrogen-bond donors (Lipinski definition) is 0. The highest BCUT2D eigenvalue weighted by molar-refractivity contribution is 6.10. The molecule has 1 aliphatic heterocycles. The molecule has 0 radical (unpaired) electrons. The maximum Gasteiger partial charge on any atom is 0.330 e. The third kappa shape index (κ3) is 4.21. The molecule has 6 nitrogen and oxygen atoms in total. The van der Waals surface area contributed by atoms with Crippen molar-refractivity contribution >= 4 is 29.6 Å². The molecule has 1 aliphatic rings. The molecule has 3 rings (SSSR count). The van der Waals surface area contributed by atoms with Gasteiger partial charge in [0.05, 0.1) is 26.2 Å². The molecule has 2 aromatic carbocycles. The molecule has 150 valence electrons. The van der Waals surface area contributed by atoms with Crippen molar-refractivity contribution in [2.24, 2.45) is 0 Å². The first-order valence-corrected chi connectivity index (χ1v) is 9.42. The quantitative estimate of drug-likeness (QED) is 0.553. The molecule has 1 atom stereocenters. The van der Waals surface area contributed by atoms with Gasteiger partial charge >= 0.3 is 11.9 Å². The number of rotatable bonds is 6. The molecule has 0 saturated carbocycles. The monoisotopic (exact) mass is 393 g/mol. The minimum absolute atomic E-state index is 0.0744. The van der Waals surface area contributed by atoms with E-state index < -0.39 is 11.9 Å². The van der Waals surface area contributed by atoms with E-state index in [0.717, 1.165) is 5.56 Å². The molecule has 0 saturated heterocycles. The van der Waals surface area contributed by atoms with Crippen LogP contribution in [0.15, 0.2) is 48.5 Å². The first-order valence-electron chi connectivity index (χ1n) is 9.42. The van der Waals surface area contributed by atoms with Gasteiger partial charge in [0.15, 0.2) is 0 Å². The molecule has 1 unspecified atom stereocenters. The summed E-state index contributed by atoms with van der Waals surface area (Å²) < 4.78 is 9.80. The fourth-order valence-electron chi connectivity index (χ4n) is 3.38. The van der Waals surface area contributed by atoms with E-state index in [4.69, 9.17) is 9.47 Å². The number of carbonyl (C=O) groups excluding carboxylic acids is 3. The molecule has 6 heteroatoms. The van der Waals surface area contributed by atoms with Gasteiger partial charge in [0.1, 0.15) is 0 Å². The molecule has 0 N–H and O–H groups in total. The van der Waals surface area contributed by atoms with Gasteiger partial charge < -0.3 is 14.4 Å². The van der Waals surface area contributed by atoms with Gasteiger partial charge in [-0.1, -0.05) is 24.3 Å². The van der Waals surface area contributed by atoms with Crippen molar-refractivity contribution in [3.05, 3.63) is 70.8 Å². The largest absolute Gasteiger partial charge is 0.469 e. The van der Waals surface area contributed by atoms with Gasteiger partial charge in [-0.25, -0.2) is 4.79 Å². The molecule has 0 aliphatic carbocycles. The molecule has 0 bridgehead atoms. The van der Waals surface area contributed by atoms with E-state index in [1.165, 1.54) is 13.2 Å². The second kappa shape index (κ2) is 8.73. The summed E-state index contributed by atoms with van der Waals surface area (Å²) in [5.41, 5.74) is 3.69. The lowest BCUT2D eigenvalue weighted by Gasteiger charge is -2.19. The number of anilines is 1. The van der Waals surface area contributed by atoms with E-state index in [1.54, 1.807) is 43.0 Å². The summed E-state index contributed by atoms with van der Waals surface area (Å²) in [6.45, 7) is 4.21. The summed E-state index contributed by atoms with van der Waals surface area (Å²) in [5.74, 6) is -1.45. The second-order valence-electron chi connectivity index (χ2n) is 6.69. The molecule has 0 spiro atoms. The van der Waals surface area contributed by atoms with Gasteiger partial charge in [0, 0.05) is 17.3 Å². The van der Waals surface area contributed by atoms with Crippen molar-refractivity contribution < 1.29 is 23.9 Å². The highest BCUT2D eigenvalue weighted by Gasteiger charge is 2.29. The van der Waals surface area contributed by atoms with Crippen LogP contribution in [0.4, 0.5) is 5.69 Å². The zero-order valence-electron chi connectivity index (χ0n) is 16.7. The van der Waals surface area contributed by atoms with E-state index >= 15 is 0 Å². The van der Waals surface area contributed by atoms with E-state index in [9.17, 15) is 14.4 Å². The molecule has 0 aromatic heterocycles. The number of fused-ring (bicyclic) bond motifs is 1. The van der Waals surface area contributed by atoms with E-state index in [-0.39, 0.29) is 18.5 Å². The normalized spacial score (nSPS) is 14.0. The Morgan fingerprint density at radius 3 is 2.66 bits per heavy atom. The van der Waals surface area contributed by atoms with Gasteiger partial charge in [0.2, 0.25) is 0 Å². The maximum absolute atomic E-state index is 12.8. The fraction of sp³-hybridized carbons (Fsp3) is 0.261. The summed E-state index contributed by atoms with van der Waals surface area (Å²) in [5, 5.41) is 0. The van der Waals surface area contributed by atoms with Crippen LogP contribution in [-0.4, -0.2) is 31.6 Å². The average Bonchev–Trinajstić information content (AvgIpc) is 3.08. The molecule has 1 amide bonds. The lowest BCUT2D eigenvalue weighted by molar-refractivity contribution is -0.142. The first-order chi connectivity index (χ1) is 14.0. The number of ether oxygens (including phenoxy) is 2. The molecule has 0 fully saturated rings. The number of benzene rings is 2. The van der Waals surface area contributed by atoms with Crippen LogP contribution in [0.5, 0.6) is 0 Å². The van der Waals surface area contributed by atoms with Crippen LogP contribution in [0.2, 0.25) is 0 Å². The van der Waals surface area contributed by atoms with Gasteiger partial charge in [-0.3, -0.25) is 9.59 Å². The van der Waals surface area contributed by atoms with Crippen molar-refractivity contribution in [3.8, 4) is 0 Å². The zero-order chi connectivity index (χ0) is 21.0.